The predicted molar refractivity (Wildman–Crippen MR) is 89.9 cm³/mol. The van der Waals surface area contributed by atoms with Gasteiger partial charge in [0.2, 0.25) is 5.88 Å². The zero-order valence-corrected chi connectivity index (χ0v) is 13.1. The van der Waals surface area contributed by atoms with Gasteiger partial charge < -0.3 is 9.64 Å². The molecule has 0 aliphatic carbocycles. The van der Waals surface area contributed by atoms with E-state index >= 15 is 0 Å². The molecule has 3 aromatic rings. The normalized spacial score (nSPS) is 10.5. The van der Waals surface area contributed by atoms with Crippen molar-refractivity contribution in [3.05, 3.63) is 60.6 Å². The number of amides is 1. The van der Waals surface area contributed by atoms with E-state index in [0.717, 1.165) is 10.8 Å². The van der Waals surface area contributed by atoms with Gasteiger partial charge in [0.15, 0.2) is 0 Å². The van der Waals surface area contributed by atoms with Crippen molar-refractivity contribution in [1.82, 2.24) is 9.97 Å². The molecule has 0 saturated heterocycles. The summed E-state index contributed by atoms with van der Waals surface area (Å²) in [7, 11) is 1.56. The third-order valence-electron chi connectivity index (χ3n) is 3.68. The molecule has 0 aliphatic rings. The lowest BCUT2D eigenvalue weighted by molar-refractivity contribution is 0.0985. The molecule has 0 spiro atoms. The molecule has 0 unspecified atom stereocenters. The number of fused-ring (bicyclic) bond motifs is 1. The second kappa shape index (κ2) is 6.44. The second-order valence-corrected chi connectivity index (χ2v) is 4.99. The highest BCUT2D eigenvalue weighted by Crippen LogP contribution is 2.22. The van der Waals surface area contributed by atoms with Gasteiger partial charge in [-0.15, -0.1) is 0 Å². The summed E-state index contributed by atoms with van der Waals surface area (Å²) in [5.41, 5.74) is 1.16. The molecule has 2 aromatic heterocycles. The second-order valence-electron chi connectivity index (χ2n) is 4.99. The Kier molecular flexibility index (Phi) is 4.19. The summed E-state index contributed by atoms with van der Waals surface area (Å²) in [5, 5.41) is 1.84. The first-order valence-electron chi connectivity index (χ1n) is 7.40. The molecule has 0 saturated carbocycles. The number of rotatable bonds is 4. The van der Waals surface area contributed by atoms with Gasteiger partial charge in [-0.05, 0) is 24.4 Å². The first-order chi connectivity index (χ1) is 11.2. The largest absolute Gasteiger partial charge is 0.481 e. The van der Waals surface area contributed by atoms with Crippen LogP contribution in [0.15, 0.2) is 54.9 Å². The highest BCUT2D eigenvalue weighted by atomic mass is 16.5. The number of pyridine rings is 2. The first-order valence-corrected chi connectivity index (χ1v) is 7.40. The van der Waals surface area contributed by atoms with E-state index in [1.807, 2.05) is 43.3 Å². The third-order valence-corrected chi connectivity index (χ3v) is 3.68. The standard InChI is InChI=1S/C18H17N3O2/c1-3-21(14-8-9-16(23-2)20-12-14)18(22)17-15-7-5-4-6-13(15)10-11-19-17/h4-12H,3H2,1-2H3. The average Bonchev–Trinajstić information content (AvgIpc) is 2.62. The Hall–Kier alpha value is -2.95. The minimum atomic E-state index is -0.142. The van der Waals surface area contributed by atoms with Crippen molar-refractivity contribution >= 4 is 22.4 Å². The molecule has 0 N–H and O–H groups in total. The Bertz CT molecular complexity index is 826. The van der Waals surface area contributed by atoms with Gasteiger partial charge in [-0.25, -0.2) is 4.98 Å². The summed E-state index contributed by atoms with van der Waals surface area (Å²) in [5.74, 6) is 0.372. The molecule has 0 aliphatic heterocycles. The number of nitrogens with zero attached hydrogens (tertiary/aromatic N) is 3. The van der Waals surface area contributed by atoms with Gasteiger partial charge >= 0.3 is 0 Å². The summed E-state index contributed by atoms with van der Waals surface area (Å²) in [4.78, 5) is 23.1. The van der Waals surface area contributed by atoms with Crippen molar-refractivity contribution in [2.75, 3.05) is 18.6 Å². The molecule has 2 heterocycles. The number of anilines is 1. The smallest absolute Gasteiger partial charge is 0.277 e. The van der Waals surface area contributed by atoms with Crippen molar-refractivity contribution in [3.8, 4) is 5.88 Å². The van der Waals surface area contributed by atoms with Crippen LogP contribution in [0.5, 0.6) is 5.88 Å². The number of carbonyl (C=O) groups excluding carboxylic acids is 1. The topological polar surface area (TPSA) is 55.3 Å². The van der Waals surface area contributed by atoms with Crippen LogP contribution in [0, 0.1) is 0 Å². The van der Waals surface area contributed by atoms with Crippen LogP contribution in [0.2, 0.25) is 0 Å². The summed E-state index contributed by atoms with van der Waals surface area (Å²) < 4.78 is 5.06. The number of carbonyl (C=O) groups is 1. The molecule has 0 bridgehead atoms. The van der Waals surface area contributed by atoms with Crippen LogP contribution in [0.3, 0.4) is 0 Å². The van der Waals surface area contributed by atoms with Gasteiger partial charge in [0, 0.05) is 24.2 Å². The van der Waals surface area contributed by atoms with Crippen LogP contribution in [0.1, 0.15) is 17.4 Å². The van der Waals surface area contributed by atoms with Crippen LogP contribution in [0.4, 0.5) is 5.69 Å². The Morgan fingerprint density at radius 3 is 2.65 bits per heavy atom. The molecule has 1 aromatic carbocycles. The van der Waals surface area contributed by atoms with E-state index in [2.05, 4.69) is 9.97 Å². The number of aromatic nitrogens is 2. The Labute approximate surface area is 134 Å². The number of hydrogen-bond donors (Lipinski definition) is 0. The van der Waals surface area contributed by atoms with Crippen molar-refractivity contribution in [2.45, 2.75) is 6.92 Å². The molecule has 116 valence electrons. The van der Waals surface area contributed by atoms with Crippen molar-refractivity contribution in [3.63, 3.8) is 0 Å². The van der Waals surface area contributed by atoms with Crippen molar-refractivity contribution in [2.24, 2.45) is 0 Å². The van der Waals surface area contributed by atoms with Gasteiger partial charge in [-0.1, -0.05) is 24.3 Å². The monoisotopic (exact) mass is 307 g/mol. The number of benzene rings is 1. The van der Waals surface area contributed by atoms with Crippen LogP contribution in [-0.4, -0.2) is 29.5 Å². The van der Waals surface area contributed by atoms with Crippen LogP contribution in [-0.2, 0) is 0 Å². The third kappa shape index (κ3) is 2.85. The predicted octanol–water partition coefficient (Wildman–Crippen LogP) is 3.31. The van der Waals surface area contributed by atoms with E-state index in [0.29, 0.717) is 23.8 Å². The van der Waals surface area contributed by atoms with E-state index in [1.165, 1.54) is 0 Å². The minimum absolute atomic E-state index is 0.142. The fourth-order valence-electron chi connectivity index (χ4n) is 2.51. The number of hydrogen-bond acceptors (Lipinski definition) is 4. The fraction of sp³-hybridized carbons (Fsp3) is 0.167. The average molecular weight is 307 g/mol. The molecule has 5 heteroatoms. The molecular weight excluding hydrogens is 290 g/mol. The van der Waals surface area contributed by atoms with Crippen LogP contribution in [0.25, 0.3) is 10.8 Å². The SMILES string of the molecule is CCN(C(=O)c1nccc2ccccc12)c1ccc(OC)nc1. The molecule has 3 rings (SSSR count). The Balaban J connectivity index is 2.01. The van der Waals surface area contributed by atoms with Gasteiger partial charge in [0.1, 0.15) is 5.69 Å². The zero-order valence-electron chi connectivity index (χ0n) is 13.1. The quantitative estimate of drug-likeness (QED) is 0.742. The maximum Gasteiger partial charge on any atom is 0.277 e. The number of methoxy groups -OCH3 is 1. The van der Waals surface area contributed by atoms with Gasteiger partial charge in [0.25, 0.3) is 5.91 Å². The lowest BCUT2D eigenvalue weighted by Crippen LogP contribution is -2.31. The summed E-state index contributed by atoms with van der Waals surface area (Å²) in [6, 6.07) is 13.2. The van der Waals surface area contributed by atoms with Crippen molar-refractivity contribution < 1.29 is 9.53 Å². The van der Waals surface area contributed by atoms with E-state index in [-0.39, 0.29) is 5.91 Å². The van der Waals surface area contributed by atoms with Crippen LogP contribution < -0.4 is 9.64 Å². The van der Waals surface area contributed by atoms with E-state index in [9.17, 15) is 4.79 Å². The molecule has 0 atom stereocenters. The Morgan fingerprint density at radius 1 is 1.13 bits per heavy atom. The molecule has 0 fully saturated rings. The maximum absolute atomic E-state index is 12.9. The lowest BCUT2D eigenvalue weighted by Gasteiger charge is -2.21. The number of ether oxygens (including phenoxy) is 1. The summed E-state index contributed by atoms with van der Waals surface area (Å²) >= 11 is 0. The van der Waals surface area contributed by atoms with E-state index in [4.69, 9.17) is 4.74 Å². The minimum Gasteiger partial charge on any atom is -0.481 e. The highest BCUT2D eigenvalue weighted by molar-refractivity contribution is 6.12. The van der Waals surface area contributed by atoms with Crippen molar-refractivity contribution in [1.29, 1.82) is 0 Å². The Morgan fingerprint density at radius 2 is 1.96 bits per heavy atom. The van der Waals surface area contributed by atoms with Crippen LogP contribution >= 0.6 is 0 Å². The molecule has 0 radical (unpaired) electrons. The van der Waals surface area contributed by atoms with Gasteiger partial charge in [-0.2, -0.15) is 0 Å². The molecular formula is C18H17N3O2. The zero-order chi connectivity index (χ0) is 16.2. The summed E-state index contributed by atoms with van der Waals surface area (Å²) in [6.45, 7) is 2.45. The highest BCUT2D eigenvalue weighted by Gasteiger charge is 2.20. The van der Waals surface area contributed by atoms with Gasteiger partial charge in [0.05, 0.1) is 19.0 Å². The summed E-state index contributed by atoms with van der Waals surface area (Å²) in [6.07, 6.45) is 3.29. The van der Waals surface area contributed by atoms with Gasteiger partial charge in [-0.3, -0.25) is 9.78 Å². The van der Waals surface area contributed by atoms with E-state index < -0.39 is 0 Å². The molecule has 5 nitrogen and oxygen atoms in total. The lowest BCUT2D eigenvalue weighted by atomic mass is 10.1. The molecule has 23 heavy (non-hydrogen) atoms. The maximum atomic E-state index is 12.9. The molecule has 1 amide bonds. The first kappa shape index (κ1) is 15.0. The van der Waals surface area contributed by atoms with E-state index in [1.54, 1.807) is 30.5 Å². The fourth-order valence-corrected chi connectivity index (χ4v) is 2.51.